The molecule has 3 heterocycles. The van der Waals surface area contributed by atoms with Crippen molar-refractivity contribution < 1.29 is 32.2 Å². The van der Waals surface area contributed by atoms with E-state index in [1.54, 1.807) is 23.7 Å². The van der Waals surface area contributed by atoms with E-state index >= 15 is 0 Å². The van der Waals surface area contributed by atoms with Gasteiger partial charge in [0, 0.05) is 26.3 Å². The predicted molar refractivity (Wildman–Crippen MR) is 118 cm³/mol. The number of aromatic nitrogens is 2. The fourth-order valence-corrected chi connectivity index (χ4v) is 6.03. The number of nitrogens with one attached hydrogen (secondary N) is 1. The molecule has 1 aromatic heterocycles. The highest BCUT2D eigenvalue weighted by molar-refractivity contribution is 7.89. The number of imidazole rings is 1. The molecule has 0 aliphatic carbocycles. The summed E-state index contributed by atoms with van der Waals surface area (Å²) in [4.78, 5) is 16.4. The lowest BCUT2D eigenvalue weighted by atomic mass is 9.96. The summed E-state index contributed by atoms with van der Waals surface area (Å²) in [6.07, 6.45) is 1.82. The number of halogens is 1. The van der Waals surface area contributed by atoms with Gasteiger partial charge in [0.25, 0.3) is 10.0 Å². The summed E-state index contributed by atoms with van der Waals surface area (Å²) in [7, 11) is -2.29. The van der Waals surface area contributed by atoms with Crippen LogP contribution in [0, 0.1) is 5.82 Å². The number of benzene rings is 1. The van der Waals surface area contributed by atoms with Crippen molar-refractivity contribution in [3.63, 3.8) is 0 Å². The van der Waals surface area contributed by atoms with E-state index in [1.807, 2.05) is 0 Å². The van der Waals surface area contributed by atoms with E-state index in [9.17, 15) is 22.7 Å². The number of aliphatic hydroxyl groups is 1. The second-order valence-electron chi connectivity index (χ2n) is 8.70. The molecule has 10 nitrogen and oxygen atoms in total. The Bertz CT molecular complexity index is 1110. The van der Waals surface area contributed by atoms with Gasteiger partial charge >= 0.3 is 0 Å². The topological polar surface area (TPSA) is 123 Å². The molecular formula is C22H29FN4O6S. The number of β-amino-alcohol motifs (C(OH)–C–C–N with tert-alkyl or cyclic N) is 1. The molecule has 0 unspecified atom stereocenters. The molecule has 0 radical (unpaired) electrons. The summed E-state index contributed by atoms with van der Waals surface area (Å²) in [5.41, 5.74) is 0.653. The van der Waals surface area contributed by atoms with Crippen molar-refractivity contribution in [3.05, 3.63) is 48.2 Å². The zero-order chi connectivity index (χ0) is 24.3. The number of ether oxygens (including phenoxy) is 2. The first-order chi connectivity index (χ1) is 16.2. The number of carbonyl (C=O) groups is 1. The van der Waals surface area contributed by atoms with E-state index in [0.717, 1.165) is 0 Å². The van der Waals surface area contributed by atoms with Crippen molar-refractivity contribution in [1.29, 1.82) is 0 Å². The van der Waals surface area contributed by atoms with Crippen molar-refractivity contribution in [2.45, 2.75) is 55.2 Å². The summed E-state index contributed by atoms with van der Waals surface area (Å²) < 4.78 is 54.4. The minimum Gasteiger partial charge on any atom is -0.389 e. The largest absolute Gasteiger partial charge is 0.389 e. The maximum atomic E-state index is 13.3. The minimum atomic E-state index is -3.97. The Morgan fingerprint density at radius 3 is 2.88 bits per heavy atom. The van der Waals surface area contributed by atoms with E-state index in [4.69, 9.17) is 9.47 Å². The van der Waals surface area contributed by atoms with Crippen LogP contribution < -0.4 is 5.32 Å². The monoisotopic (exact) mass is 496 g/mol. The third-order valence-electron chi connectivity index (χ3n) is 5.98. The first-order valence-electron chi connectivity index (χ1n) is 11.1. The van der Waals surface area contributed by atoms with Crippen LogP contribution >= 0.6 is 0 Å². The molecule has 0 saturated carbocycles. The van der Waals surface area contributed by atoms with Gasteiger partial charge in [-0.1, -0.05) is 12.1 Å². The number of aliphatic hydroxyl groups excluding tert-OH is 1. The number of hydrogen-bond donors (Lipinski definition) is 2. The van der Waals surface area contributed by atoms with Crippen LogP contribution in [0.1, 0.15) is 24.8 Å². The number of hydrogen-bond acceptors (Lipinski definition) is 7. The van der Waals surface area contributed by atoms with Crippen molar-refractivity contribution >= 4 is 15.9 Å². The standard InChI is InChI=1S/C22H29FN4O6S/c1-26-11-22(25-14-26)34(30,31)27-10-17(28)12-32-13-20-19(27)6-5-18(33-20)8-21(29)24-9-15-3-2-4-16(23)7-15/h2-4,7,11,14,17-20,28H,5-6,8-10,12-13H2,1H3,(H,24,29)/t17-,18-,19-,20+/m0/s1. The average molecular weight is 497 g/mol. The third-order valence-corrected chi connectivity index (χ3v) is 7.76. The van der Waals surface area contributed by atoms with E-state index in [0.29, 0.717) is 18.4 Å². The number of amides is 1. The summed E-state index contributed by atoms with van der Waals surface area (Å²) in [6, 6.07) is 5.44. The van der Waals surface area contributed by atoms with Crippen LogP contribution in [-0.4, -0.2) is 77.4 Å². The SMILES string of the molecule is Cn1cnc(S(=O)(=O)N2C[C@H](O)COC[C@H]3O[C@H](CC(=O)NCc4cccc(F)c4)CC[C@@H]32)c1. The van der Waals surface area contributed by atoms with E-state index in [-0.39, 0.29) is 49.5 Å². The summed E-state index contributed by atoms with van der Waals surface area (Å²) in [6.45, 7) is 0.131. The molecule has 12 heteroatoms. The smallest absolute Gasteiger partial charge is 0.262 e. The molecule has 2 saturated heterocycles. The lowest BCUT2D eigenvalue weighted by molar-refractivity contribution is -0.146. The molecular weight excluding hydrogens is 467 g/mol. The van der Waals surface area contributed by atoms with E-state index < -0.39 is 34.4 Å². The van der Waals surface area contributed by atoms with Gasteiger partial charge in [0.15, 0.2) is 5.03 Å². The second kappa shape index (κ2) is 10.5. The summed E-state index contributed by atoms with van der Waals surface area (Å²) in [5, 5.41) is 12.9. The third kappa shape index (κ3) is 5.81. The van der Waals surface area contributed by atoms with Gasteiger partial charge in [-0.2, -0.15) is 4.31 Å². The minimum absolute atomic E-state index is 0.0282. The van der Waals surface area contributed by atoms with Gasteiger partial charge in [0.05, 0.1) is 50.3 Å². The molecule has 2 N–H and O–H groups in total. The Morgan fingerprint density at radius 1 is 1.32 bits per heavy atom. The van der Waals surface area contributed by atoms with Crippen molar-refractivity contribution in [2.75, 3.05) is 19.8 Å². The number of rotatable bonds is 6. The molecule has 2 aliphatic rings. The second-order valence-corrected chi connectivity index (χ2v) is 10.5. The highest BCUT2D eigenvalue weighted by Crippen LogP contribution is 2.31. The van der Waals surface area contributed by atoms with Crippen LogP contribution in [0.5, 0.6) is 0 Å². The molecule has 1 amide bonds. The molecule has 0 bridgehead atoms. The summed E-state index contributed by atoms with van der Waals surface area (Å²) >= 11 is 0. The van der Waals surface area contributed by atoms with Gasteiger partial charge in [0.2, 0.25) is 5.91 Å². The van der Waals surface area contributed by atoms with Gasteiger partial charge in [0.1, 0.15) is 5.82 Å². The number of aryl methyl sites for hydroxylation is 1. The van der Waals surface area contributed by atoms with Gasteiger partial charge < -0.3 is 24.5 Å². The number of fused-ring (bicyclic) bond motifs is 1. The number of nitrogens with zero attached hydrogens (tertiary/aromatic N) is 3. The molecule has 0 spiro atoms. The van der Waals surface area contributed by atoms with Crippen LogP contribution in [-0.2, 0) is 37.9 Å². The number of sulfonamides is 1. The average Bonchev–Trinajstić information content (AvgIpc) is 3.22. The molecule has 186 valence electrons. The van der Waals surface area contributed by atoms with Crippen LogP contribution in [0.4, 0.5) is 4.39 Å². The van der Waals surface area contributed by atoms with Gasteiger partial charge in [-0.15, -0.1) is 0 Å². The summed E-state index contributed by atoms with van der Waals surface area (Å²) in [5.74, 6) is -0.610. The Labute approximate surface area is 197 Å². The Kier molecular flexibility index (Phi) is 7.63. The molecule has 2 aliphatic heterocycles. The van der Waals surface area contributed by atoms with Crippen molar-refractivity contribution in [1.82, 2.24) is 19.2 Å². The first-order valence-corrected chi connectivity index (χ1v) is 12.6. The molecule has 2 aromatic rings. The van der Waals surface area contributed by atoms with Crippen molar-refractivity contribution in [2.24, 2.45) is 7.05 Å². The zero-order valence-corrected chi connectivity index (χ0v) is 19.7. The molecule has 1 aromatic carbocycles. The Hall–Kier alpha value is -2.38. The fraction of sp³-hybridized carbons (Fsp3) is 0.545. The number of carbonyl (C=O) groups excluding carboxylic acids is 1. The van der Waals surface area contributed by atoms with E-state index in [1.165, 1.54) is 29.0 Å². The molecule has 4 rings (SSSR count). The highest BCUT2D eigenvalue weighted by atomic mass is 32.2. The van der Waals surface area contributed by atoms with Gasteiger partial charge in [-0.05, 0) is 30.5 Å². The maximum Gasteiger partial charge on any atom is 0.262 e. The lowest BCUT2D eigenvalue weighted by Crippen LogP contribution is -2.57. The first kappa shape index (κ1) is 24.7. The van der Waals surface area contributed by atoms with Crippen molar-refractivity contribution in [3.8, 4) is 0 Å². The normalized spacial score (nSPS) is 26.3. The Balaban J connectivity index is 1.41. The van der Waals surface area contributed by atoms with Crippen LogP contribution in [0.3, 0.4) is 0 Å². The van der Waals surface area contributed by atoms with Crippen LogP contribution in [0.15, 0.2) is 41.8 Å². The molecule has 4 atom stereocenters. The van der Waals surface area contributed by atoms with E-state index in [2.05, 4.69) is 10.3 Å². The molecule has 34 heavy (non-hydrogen) atoms. The Morgan fingerprint density at radius 2 is 2.15 bits per heavy atom. The predicted octanol–water partition coefficient (Wildman–Crippen LogP) is 0.564. The zero-order valence-electron chi connectivity index (χ0n) is 18.8. The maximum absolute atomic E-state index is 13.3. The van der Waals surface area contributed by atoms with Gasteiger partial charge in [-0.25, -0.2) is 17.8 Å². The fourth-order valence-electron chi connectivity index (χ4n) is 4.34. The van der Waals surface area contributed by atoms with Crippen LogP contribution in [0.2, 0.25) is 0 Å². The lowest BCUT2D eigenvalue weighted by Gasteiger charge is -2.43. The molecule has 2 fully saturated rings. The van der Waals surface area contributed by atoms with Crippen LogP contribution in [0.25, 0.3) is 0 Å². The highest BCUT2D eigenvalue weighted by Gasteiger charge is 2.43. The van der Waals surface area contributed by atoms with Gasteiger partial charge in [-0.3, -0.25) is 4.79 Å². The quantitative estimate of drug-likeness (QED) is 0.599.